The predicted octanol–water partition coefficient (Wildman–Crippen LogP) is 0.986. The van der Waals surface area contributed by atoms with Crippen LogP contribution >= 0.6 is 0 Å². The second-order valence-corrected chi connectivity index (χ2v) is 6.38. The molecule has 0 bridgehead atoms. The molecule has 1 aliphatic carbocycles. The number of hydrogen-bond donors (Lipinski definition) is 2. The molecule has 2 fully saturated rings. The van der Waals surface area contributed by atoms with Crippen molar-refractivity contribution in [2.75, 3.05) is 6.54 Å². The molecule has 1 amide bonds. The van der Waals surface area contributed by atoms with Crippen molar-refractivity contribution < 1.29 is 4.79 Å². The second-order valence-electron chi connectivity index (χ2n) is 6.38. The van der Waals surface area contributed by atoms with Crippen molar-refractivity contribution in [1.29, 1.82) is 0 Å². The third-order valence-corrected chi connectivity index (χ3v) is 4.66. The molecule has 98 valence electrons. The van der Waals surface area contributed by atoms with E-state index in [1.54, 1.807) is 0 Å². The van der Waals surface area contributed by atoms with E-state index < -0.39 is 5.54 Å². The third kappa shape index (κ3) is 2.33. The van der Waals surface area contributed by atoms with Crippen LogP contribution in [0.2, 0.25) is 0 Å². The topological polar surface area (TPSA) is 72.3 Å². The summed E-state index contributed by atoms with van der Waals surface area (Å²) >= 11 is 0. The van der Waals surface area contributed by atoms with Crippen LogP contribution in [0.1, 0.15) is 52.4 Å². The first-order valence-corrected chi connectivity index (χ1v) is 6.71. The number of amides is 1. The van der Waals surface area contributed by atoms with Crippen LogP contribution < -0.4 is 11.5 Å². The first kappa shape index (κ1) is 12.8. The summed E-state index contributed by atoms with van der Waals surface area (Å²) in [6, 6.07) is 0.429. The summed E-state index contributed by atoms with van der Waals surface area (Å²) < 4.78 is 0. The van der Waals surface area contributed by atoms with E-state index in [1.165, 1.54) is 12.8 Å². The highest BCUT2D eigenvalue weighted by atomic mass is 16.1. The zero-order valence-corrected chi connectivity index (χ0v) is 11.0. The molecule has 2 rings (SSSR count). The summed E-state index contributed by atoms with van der Waals surface area (Å²) in [5.74, 6) is -0.334. The van der Waals surface area contributed by atoms with Gasteiger partial charge in [0.1, 0.15) is 0 Å². The summed E-state index contributed by atoms with van der Waals surface area (Å²) in [6.07, 6.45) is 6.11. The van der Waals surface area contributed by atoms with Gasteiger partial charge in [-0.15, -0.1) is 0 Å². The lowest BCUT2D eigenvalue weighted by atomic mass is 9.78. The number of rotatable bonds is 2. The second kappa shape index (κ2) is 4.25. The zero-order valence-electron chi connectivity index (χ0n) is 11.0. The van der Waals surface area contributed by atoms with Crippen LogP contribution in [0, 0.1) is 0 Å². The maximum absolute atomic E-state index is 11.5. The largest absolute Gasteiger partial charge is 0.368 e. The normalized spacial score (nSPS) is 38.2. The summed E-state index contributed by atoms with van der Waals surface area (Å²) in [7, 11) is 0. The van der Waals surface area contributed by atoms with Crippen LogP contribution in [0.3, 0.4) is 0 Å². The first-order valence-electron chi connectivity index (χ1n) is 6.71. The summed E-state index contributed by atoms with van der Waals surface area (Å²) in [6.45, 7) is 5.71. The molecule has 2 aliphatic rings. The molecule has 1 aliphatic heterocycles. The predicted molar refractivity (Wildman–Crippen MR) is 68.4 cm³/mol. The van der Waals surface area contributed by atoms with E-state index in [0.29, 0.717) is 6.04 Å². The molecule has 0 radical (unpaired) electrons. The Bertz CT molecular complexity index is 316. The van der Waals surface area contributed by atoms with Gasteiger partial charge < -0.3 is 11.5 Å². The molecule has 0 aromatic carbocycles. The van der Waals surface area contributed by atoms with Crippen molar-refractivity contribution in [2.24, 2.45) is 11.5 Å². The molecule has 2 unspecified atom stereocenters. The van der Waals surface area contributed by atoms with E-state index in [9.17, 15) is 4.79 Å². The molecule has 4 nitrogen and oxygen atoms in total. The standard InChI is InChI=1S/C13H25N3O/c1-12(2)6-4-8-16(12)10-5-3-7-13(15,9-10)11(14)17/h10H,3-9,15H2,1-2H3,(H2,14,17). The Morgan fingerprint density at radius 2 is 2.00 bits per heavy atom. The van der Waals surface area contributed by atoms with Crippen molar-refractivity contribution in [1.82, 2.24) is 4.90 Å². The van der Waals surface area contributed by atoms with Crippen molar-refractivity contribution >= 4 is 5.91 Å². The smallest absolute Gasteiger partial charge is 0.237 e. The molecule has 1 saturated carbocycles. The molecule has 4 N–H and O–H groups in total. The molecule has 1 heterocycles. The lowest BCUT2D eigenvalue weighted by Gasteiger charge is -2.44. The molecule has 2 atom stereocenters. The molecule has 1 saturated heterocycles. The van der Waals surface area contributed by atoms with Gasteiger partial charge in [0.05, 0.1) is 5.54 Å². The van der Waals surface area contributed by atoms with E-state index in [0.717, 1.165) is 32.2 Å². The number of hydrogen-bond acceptors (Lipinski definition) is 3. The van der Waals surface area contributed by atoms with Gasteiger partial charge in [-0.2, -0.15) is 0 Å². The minimum atomic E-state index is -0.776. The highest BCUT2D eigenvalue weighted by Gasteiger charge is 2.44. The Balaban J connectivity index is 2.10. The van der Waals surface area contributed by atoms with Crippen LogP contribution in [0.5, 0.6) is 0 Å². The van der Waals surface area contributed by atoms with Gasteiger partial charge in [-0.25, -0.2) is 0 Å². The number of nitrogens with zero attached hydrogens (tertiary/aromatic N) is 1. The molecular weight excluding hydrogens is 214 g/mol. The maximum Gasteiger partial charge on any atom is 0.237 e. The molecule has 17 heavy (non-hydrogen) atoms. The molecule has 0 aromatic heterocycles. The first-order chi connectivity index (χ1) is 7.85. The van der Waals surface area contributed by atoms with Crippen LogP contribution in [0.25, 0.3) is 0 Å². The Hall–Kier alpha value is -0.610. The summed E-state index contributed by atoms with van der Waals surface area (Å²) in [5, 5.41) is 0. The van der Waals surface area contributed by atoms with Gasteiger partial charge in [0.25, 0.3) is 0 Å². The fourth-order valence-electron chi connectivity index (χ4n) is 3.57. The van der Waals surface area contributed by atoms with E-state index in [2.05, 4.69) is 18.7 Å². The molecular formula is C13H25N3O. The minimum Gasteiger partial charge on any atom is -0.368 e. The van der Waals surface area contributed by atoms with Crippen molar-refractivity contribution in [3.05, 3.63) is 0 Å². The Morgan fingerprint density at radius 1 is 1.29 bits per heavy atom. The Morgan fingerprint density at radius 3 is 2.53 bits per heavy atom. The van der Waals surface area contributed by atoms with Gasteiger partial charge in [0.2, 0.25) is 5.91 Å². The van der Waals surface area contributed by atoms with Crippen LogP contribution in [0.4, 0.5) is 0 Å². The van der Waals surface area contributed by atoms with E-state index >= 15 is 0 Å². The highest BCUT2D eigenvalue weighted by Crippen LogP contribution is 2.37. The number of carbonyl (C=O) groups excluding carboxylic acids is 1. The fraction of sp³-hybridized carbons (Fsp3) is 0.923. The average Bonchev–Trinajstić information content (AvgIpc) is 2.58. The highest BCUT2D eigenvalue weighted by molar-refractivity contribution is 5.84. The number of primary amides is 1. The van der Waals surface area contributed by atoms with E-state index in [1.807, 2.05) is 0 Å². The van der Waals surface area contributed by atoms with Gasteiger partial charge in [-0.3, -0.25) is 9.69 Å². The van der Waals surface area contributed by atoms with Crippen LogP contribution in [-0.4, -0.2) is 34.5 Å². The van der Waals surface area contributed by atoms with Gasteiger partial charge >= 0.3 is 0 Å². The van der Waals surface area contributed by atoms with E-state index in [-0.39, 0.29) is 11.4 Å². The van der Waals surface area contributed by atoms with Gasteiger partial charge in [-0.1, -0.05) is 0 Å². The van der Waals surface area contributed by atoms with Crippen molar-refractivity contribution in [3.8, 4) is 0 Å². The number of nitrogens with two attached hydrogens (primary N) is 2. The summed E-state index contributed by atoms with van der Waals surface area (Å²) in [4.78, 5) is 14.0. The Kier molecular flexibility index (Phi) is 3.21. The molecule has 4 heteroatoms. The van der Waals surface area contributed by atoms with Gasteiger partial charge in [0.15, 0.2) is 0 Å². The molecule has 0 aromatic rings. The van der Waals surface area contributed by atoms with Gasteiger partial charge in [-0.05, 0) is 58.9 Å². The van der Waals surface area contributed by atoms with Crippen molar-refractivity contribution in [3.63, 3.8) is 0 Å². The Labute approximate surface area is 104 Å². The van der Waals surface area contributed by atoms with Gasteiger partial charge in [0, 0.05) is 11.6 Å². The maximum atomic E-state index is 11.5. The quantitative estimate of drug-likeness (QED) is 0.754. The summed E-state index contributed by atoms with van der Waals surface area (Å²) in [5.41, 5.74) is 11.1. The SMILES string of the molecule is CC1(C)CCCN1C1CCCC(N)(C(N)=O)C1. The number of likely N-dealkylation sites (tertiary alicyclic amines) is 1. The van der Waals surface area contributed by atoms with Crippen LogP contribution in [0.15, 0.2) is 0 Å². The zero-order chi connectivity index (χ0) is 12.7. The monoisotopic (exact) mass is 239 g/mol. The fourth-order valence-corrected chi connectivity index (χ4v) is 3.57. The number of carbonyl (C=O) groups is 1. The third-order valence-electron chi connectivity index (χ3n) is 4.66. The minimum absolute atomic E-state index is 0.251. The van der Waals surface area contributed by atoms with Crippen LogP contribution in [-0.2, 0) is 4.79 Å². The lowest BCUT2D eigenvalue weighted by molar-refractivity contribution is -0.125. The lowest BCUT2D eigenvalue weighted by Crippen LogP contribution is -2.59. The van der Waals surface area contributed by atoms with Crippen molar-refractivity contribution in [2.45, 2.75) is 69.5 Å². The molecule has 0 spiro atoms. The average molecular weight is 239 g/mol. The van der Waals surface area contributed by atoms with E-state index in [4.69, 9.17) is 11.5 Å².